The van der Waals surface area contributed by atoms with Crippen LogP contribution < -0.4 is 5.32 Å². The van der Waals surface area contributed by atoms with Gasteiger partial charge >= 0.3 is 5.97 Å². The molecular weight excluding hydrogens is 342 g/mol. The first-order valence-corrected chi connectivity index (χ1v) is 8.88. The fourth-order valence-corrected chi connectivity index (χ4v) is 3.43. The van der Waals surface area contributed by atoms with Gasteiger partial charge < -0.3 is 10.1 Å². The van der Waals surface area contributed by atoms with E-state index in [4.69, 9.17) is 4.74 Å². The van der Waals surface area contributed by atoms with E-state index in [1.807, 2.05) is 0 Å². The van der Waals surface area contributed by atoms with Gasteiger partial charge in [-0.05, 0) is 44.4 Å². The van der Waals surface area contributed by atoms with Gasteiger partial charge in [0.25, 0.3) is 0 Å². The lowest BCUT2D eigenvalue weighted by atomic mass is 9.97. The molecule has 1 fully saturated rings. The van der Waals surface area contributed by atoms with Crippen LogP contribution in [-0.2, 0) is 20.7 Å². The topological polar surface area (TPSA) is 58.6 Å². The molecule has 5 nitrogen and oxygen atoms in total. The molecule has 26 heavy (non-hydrogen) atoms. The van der Waals surface area contributed by atoms with Crippen LogP contribution in [0.2, 0.25) is 0 Å². The number of hydrogen-bond acceptors (Lipinski definition) is 4. The molecule has 2 rings (SSSR count). The van der Waals surface area contributed by atoms with Crippen molar-refractivity contribution in [2.45, 2.75) is 57.7 Å². The van der Waals surface area contributed by atoms with Crippen LogP contribution >= 0.6 is 0 Å². The summed E-state index contributed by atoms with van der Waals surface area (Å²) in [7, 11) is 1.22. The van der Waals surface area contributed by atoms with Crippen molar-refractivity contribution in [3.63, 3.8) is 0 Å². The van der Waals surface area contributed by atoms with E-state index in [1.165, 1.54) is 13.2 Å². The second-order valence-corrected chi connectivity index (χ2v) is 6.90. The molecule has 0 aliphatic carbocycles. The second-order valence-electron chi connectivity index (χ2n) is 6.90. The van der Waals surface area contributed by atoms with Gasteiger partial charge in [0.2, 0.25) is 5.91 Å². The van der Waals surface area contributed by atoms with Crippen LogP contribution in [0.4, 0.5) is 8.78 Å². The Hall–Kier alpha value is -2.02. The first-order valence-electron chi connectivity index (χ1n) is 8.88. The smallest absolute Gasteiger partial charge is 0.328 e. The number of esters is 1. The largest absolute Gasteiger partial charge is 0.467 e. The third kappa shape index (κ3) is 5.24. The van der Waals surface area contributed by atoms with Crippen molar-refractivity contribution < 1.29 is 23.1 Å². The third-order valence-corrected chi connectivity index (χ3v) is 4.95. The molecule has 7 heteroatoms. The van der Waals surface area contributed by atoms with Crippen LogP contribution in [0.25, 0.3) is 0 Å². The number of piperidine rings is 1. The Morgan fingerprint density at radius 2 is 1.88 bits per heavy atom. The normalized spacial score (nSPS) is 21.9. The van der Waals surface area contributed by atoms with Crippen LogP contribution in [0, 0.1) is 11.6 Å². The maximum atomic E-state index is 13.4. The van der Waals surface area contributed by atoms with Gasteiger partial charge in [0, 0.05) is 18.5 Å². The number of halogens is 2. The van der Waals surface area contributed by atoms with Crippen molar-refractivity contribution in [3.8, 4) is 0 Å². The van der Waals surface area contributed by atoms with Gasteiger partial charge in [0.15, 0.2) is 11.6 Å². The molecule has 0 aromatic heterocycles. The number of nitrogens with one attached hydrogen (secondary N) is 1. The number of likely N-dealkylation sites (tertiary alicyclic amines) is 1. The first kappa shape index (κ1) is 20.3. The zero-order chi connectivity index (χ0) is 19.3. The Bertz CT molecular complexity index is 644. The summed E-state index contributed by atoms with van der Waals surface area (Å²) in [6.45, 7) is 4.36. The van der Waals surface area contributed by atoms with Crippen LogP contribution in [0.3, 0.4) is 0 Å². The van der Waals surface area contributed by atoms with Crippen molar-refractivity contribution in [3.05, 3.63) is 35.4 Å². The van der Waals surface area contributed by atoms with E-state index in [-0.39, 0.29) is 18.9 Å². The quantitative estimate of drug-likeness (QED) is 0.784. The van der Waals surface area contributed by atoms with Crippen LogP contribution in [0.5, 0.6) is 0 Å². The summed E-state index contributed by atoms with van der Waals surface area (Å²) in [5, 5.41) is 2.67. The molecule has 0 radical (unpaired) electrons. The molecular formula is C19H26F2N2O3. The fourth-order valence-electron chi connectivity index (χ4n) is 3.43. The van der Waals surface area contributed by atoms with E-state index in [1.54, 1.807) is 0 Å². The van der Waals surface area contributed by atoms with Crippen molar-refractivity contribution in [2.75, 3.05) is 13.7 Å². The molecule has 0 saturated carbocycles. The van der Waals surface area contributed by atoms with Crippen LogP contribution in [-0.4, -0.2) is 48.6 Å². The molecule has 3 atom stereocenters. The van der Waals surface area contributed by atoms with Gasteiger partial charge in [-0.1, -0.05) is 12.5 Å². The second kappa shape index (κ2) is 9.07. The van der Waals surface area contributed by atoms with E-state index < -0.39 is 23.6 Å². The van der Waals surface area contributed by atoms with E-state index in [9.17, 15) is 18.4 Å². The number of amides is 1. The van der Waals surface area contributed by atoms with E-state index in [2.05, 4.69) is 24.1 Å². The molecule has 1 aromatic carbocycles. The monoisotopic (exact) mass is 368 g/mol. The summed E-state index contributed by atoms with van der Waals surface area (Å²) in [4.78, 5) is 26.6. The molecule has 1 N–H and O–H groups in total. The predicted molar refractivity (Wildman–Crippen MR) is 93.5 cm³/mol. The number of carbonyl (C=O) groups is 2. The zero-order valence-electron chi connectivity index (χ0n) is 15.4. The minimum absolute atomic E-state index is 0.0285. The van der Waals surface area contributed by atoms with Crippen molar-refractivity contribution in [1.82, 2.24) is 10.2 Å². The van der Waals surface area contributed by atoms with Gasteiger partial charge in [-0.25, -0.2) is 13.6 Å². The number of methoxy groups -OCH3 is 1. The highest BCUT2D eigenvalue weighted by Crippen LogP contribution is 2.21. The summed E-state index contributed by atoms with van der Waals surface area (Å²) >= 11 is 0. The summed E-state index contributed by atoms with van der Waals surface area (Å²) in [6, 6.07) is 3.05. The standard InChI is InChI=1S/C19H26F2N2O3/c1-12-5-4-6-13(2)23(12)11-18(24)22-17(19(25)26-3)10-14-7-8-15(20)16(21)9-14/h7-9,12-13,17H,4-6,10-11H2,1-3H3,(H,22,24). The Balaban J connectivity index is 2.03. The molecule has 1 aromatic rings. The Morgan fingerprint density at radius 3 is 2.46 bits per heavy atom. The fraction of sp³-hybridized carbons (Fsp3) is 0.579. The van der Waals surface area contributed by atoms with Gasteiger partial charge in [0.05, 0.1) is 13.7 Å². The van der Waals surface area contributed by atoms with Gasteiger partial charge in [-0.15, -0.1) is 0 Å². The molecule has 1 aliphatic heterocycles. The maximum Gasteiger partial charge on any atom is 0.328 e. The molecule has 3 unspecified atom stereocenters. The predicted octanol–water partition coefficient (Wildman–Crippen LogP) is 2.43. The molecule has 1 saturated heterocycles. The number of carbonyl (C=O) groups excluding carboxylic acids is 2. The lowest BCUT2D eigenvalue weighted by molar-refractivity contribution is -0.145. The maximum absolute atomic E-state index is 13.4. The average molecular weight is 368 g/mol. The SMILES string of the molecule is COC(=O)C(Cc1ccc(F)c(F)c1)NC(=O)CN1C(C)CCCC1C. The van der Waals surface area contributed by atoms with Crippen molar-refractivity contribution in [2.24, 2.45) is 0 Å². The first-order chi connectivity index (χ1) is 12.3. The lowest BCUT2D eigenvalue weighted by Gasteiger charge is -2.38. The Labute approximate surface area is 152 Å². The van der Waals surface area contributed by atoms with E-state index in [0.29, 0.717) is 17.6 Å². The Kier molecular flexibility index (Phi) is 7.08. The van der Waals surface area contributed by atoms with Gasteiger partial charge in [0.1, 0.15) is 6.04 Å². The summed E-state index contributed by atoms with van der Waals surface area (Å²) in [5.41, 5.74) is 0.402. The number of rotatable bonds is 6. The van der Waals surface area contributed by atoms with Crippen molar-refractivity contribution in [1.29, 1.82) is 0 Å². The minimum atomic E-state index is -0.992. The molecule has 1 heterocycles. The number of ether oxygens (including phenoxy) is 1. The summed E-state index contributed by atoms with van der Waals surface area (Å²) in [5.74, 6) is -2.86. The number of nitrogens with zero attached hydrogens (tertiary/aromatic N) is 1. The molecule has 1 aliphatic rings. The van der Waals surface area contributed by atoms with E-state index >= 15 is 0 Å². The highest BCUT2D eigenvalue weighted by Gasteiger charge is 2.28. The van der Waals surface area contributed by atoms with E-state index in [0.717, 1.165) is 31.4 Å². The zero-order valence-corrected chi connectivity index (χ0v) is 15.4. The molecule has 0 spiro atoms. The third-order valence-electron chi connectivity index (χ3n) is 4.95. The highest BCUT2D eigenvalue weighted by molar-refractivity contribution is 5.85. The minimum Gasteiger partial charge on any atom is -0.467 e. The number of hydrogen-bond donors (Lipinski definition) is 1. The Morgan fingerprint density at radius 1 is 1.23 bits per heavy atom. The average Bonchev–Trinajstić information content (AvgIpc) is 2.60. The molecule has 144 valence electrons. The highest BCUT2D eigenvalue weighted by atomic mass is 19.2. The number of benzene rings is 1. The summed E-state index contributed by atoms with van der Waals surface area (Å²) < 4.78 is 31.2. The van der Waals surface area contributed by atoms with Crippen molar-refractivity contribution >= 4 is 11.9 Å². The molecule has 1 amide bonds. The van der Waals surface area contributed by atoms with Gasteiger partial charge in [-0.2, -0.15) is 0 Å². The van der Waals surface area contributed by atoms with Crippen LogP contribution in [0.15, 0.2) is 18.2 Å². The van der Waals surface area contributed by atoms with Gasteiger partial charge in [-0.3, -0.25) is 9.69 Å². The summed E-state index contributed by atoms with van der Waals surface area (Å²) in [6.07, 6.45) is 3.24. The molecule has 0 bridgehead atoms. The van der Waals surface area contributed by atoms with Crippen LogP contribution in [0.1, 0.15) is 38.7 Å². The lowest BCUT2D eigenvalue weighted by Crippen LogP contribution is -2.52.